The predicted molar refractivity (Wildman–Crippen MR) is 150 cm³/mol. The molecule has 0 aromatic rings. The SMILES string of the molecule is CC12CC3CC(C1)C(=O)C(C3)C2.CCC12CC3CC(CC(C3)C1)C2.CCC12CC3CC(CC(O)(C3)C1)C2. The molecule has 12 rings (SSSR count). The summed E-state index contributed by atoms with van der Waals surface area (Å²) in [6.07, 6.45) is 26.2. The minimum Gasteiger partial charge on any atom is -0.390 e. The molecule has 0 heterocycles. The minimum absolute atomic E-state index is 0.236. The Bertz CT molecular complexity index is 834. The number of aliphatic hydroxyl groups is 1. The lowest BCUT2D eigenvalue weighted by atomic mass is 9.47. The molecule has 12 fully saturated rings. The van der Waals surface area contributed by atoms with Crippen LogP contribution in [0.2, 0.25) is 0 Å². The van der Waals surface area contributed by atoms with Crippen molar-refractivity contribution in [1.82, 2.24) is 0 Å². The van der Waals surface area contributed by atoms with Gasteiger partial charge in [-0.2, -0.15) is 0 Å². The molecule has 0 aliphatic heterocycles. The van der Waals surface area contributed by atoms with Crippen molar-refractivity contribution in [1.29, 1.82) is 0 Å². The largest absolute Gasteiger partial charge is 0.390 e. The number of hydrogen-bond acceptors (Lipinski definition) is 2. The summed E-state index contributed by atoms with van der Waals surface area (Å²) >= 11 is 0. The summed E-state index contributed by atoms with van der Waals surface area (Å²) in [6, 6.07) is 0. The van der Waals surface area contributed by atoms with Crippen LogP contribution in [0, 0.1) is 63.6 Å². The van der Waals surface area contributed by atoms with Crippen molar-refractivity contribution in [2.75, 3.05) is 0 Å². The highest BCUT2D eigenvalue weighted by Gasteiger charge is 2.56. The lowest BCUT2D eigenvalue weighted by Crippen LogP contribution is -2.55. The maximum Gasteiger partial charge on any atom is 0.139 e. The standard InChI is InChI=1S/C12H20O.C12H20.C11H16O/c1-2-11-4-9-3-10(5-11)7-12(13,6-9)8-11;1-2-12-6-9-3-10(7-12)5-11(4-9)8-12;1-11-4-7-2-8(5-11)10(12)9(3-7)6-11/h9-10,13H,2-8H2,1H3;9-11H,2-8H2,1H3;7-9H,2-6H2,1H3. The van der Waals surface area contributed by atoms with Gasteiger partial charge < -0.3 is 5.11 Å². The lowest BCUT2D eigenvalue weighted by Gasteiger charge is -2.60. The number of ketones is 1. The first-order valence-electron chi connectivity index (χ1n) is 16.9. The molecule has 0 aromatic heterocycles. The number of hydrogen-bond donors (Lipinski definition) is 1. The van der Waals surface area contributed by atoms with Crippen molar-refractivity contribution < 1.29 is 9.90 Å². The van der Waals surface area contributed by atoms with Crippen LogP contribution < -0.4 is 0 Å². The van der Waals surface area contributed by atoms with E-state index in [1.807, 2.05) is 0 Å². The Morgan fingerprint density at radius 1 is 0.595 bits per heavy atom. The van der Waals surface area contributed by atoms with Crippen molar-refractivity contribution >= 4 is 5.78 Å². The van der Waals surface area contributed by atoms with Gasteiger partial charge in [0.25, 0.3) is 0 Å². The van der Waals surface area contributed by atoms with Gasteiger partial charge in [-0.1, -0.05) is 33.6 Å². The van der Waals surface area contributed by atoms with Crippen LogP contribution in [-0.2, 0) is 4.79 Å². The van der Waals surface area contributed by atoms with Crippen LogP contribution in [-0.4, -0.2) is 16.5 Å². The normalized spacial score (nSPS) is 57.1. The summed E-state index contributed by atoms with van der Waals surface area (Å²) in [5.41, 5.74) is 1.72. The molecule has 2 heteroatoms. The van der Waals surface area contributed by atoms with Gasteiger partial charge in [-0.25, -0.2) is 0 Å². The van der Waals surface area contributed by atoms with Crippen molar-refractivity contribution in [3.05, 3.63) is 0 Å². The molecule has 0 spiro atoms. The quantitative estimate of drug-likeness (QED) is 0.405. The molecule has 0 radical (unpaired) electrons. The van der Waals surface area contributed by atoms with Gasteiger partial charge in [-0.3, -0.25) is 4.79 Å². The van der Waals surface area contributed by atoms with E-state index in [1.54, 1.807) is 38.5 Å². The molecule has 208 valence electrons. The molecule has 37 heavy (non-hydrogen) atoms. The van der Waals surface area contributed by atoms with E-state index in [4.69, 9.17) is 0 Å². The maximum absolute atomic E-state index is 11.7. The van der Waals surface area contributed by atoms with Crippen LogP contribution in [0.1, 0.15) is 143 Å². The zero-order valence-corrected chi connectivity index (χ0v) is 24.4. The number of Topliss-reactive ketones (excluding diaryl/α,β-unsaturated/α-hetero) is 1. The maximum atomic E-state index is 11.7. The van der Waals surface area contributed by atoms with Gasteiger partial charge in [0.1, 0.15) is 5.78 Å². The second-order valence-corrected chi connectivity index (χ2v) is 17.4. The van der Waals surface area contributed by atoms with Gasteiger partial charge >= 0.3 is 0 Å². The van der Waals surface area contributed by atoms with Crippen molar-refractivity contribution in [3.8, 4) is 0 Å². The van der Waals surface area contributed by atoms with Crippen molar-refractivity contribution in [2.45, 2.75) is 148 Å². The molecule has 12 bridgehead atoms. The van der Waals surface area contributed by atoms with E-state index in [-0.39, 0.29) is 5.60 Å². The Morgan fingerprint density at radius 2 is 1.03 bits per heavy atom. The summed E-state index contributed by atoms with van der Waals surface area (Å²) in [7, 11) is 0. The zero-order chi connectivity index (χ0) is 25.6. The third kappa shape index (κ3) is 4.60. The second kappa shape index (κ2) is 8.81. The predicted octanol–water partition coefficient (Wildman–Crippen LogP) is 8.74. The highest BCUT2D eigenvalue weighted by atomic mass is 16.3. The average molecular weight is 509 g/mol. The molecule has 0 aromatic carbocycles. The molecule has 0 saturated heterocycles. The van der Waals surface area contributed by atoms with Gasteiger partial charge in [0, 0.05) is 11.8 Å². The molecule has 4 unspecified atom stereocenters. The molecule has 12 aliphatic carbocycles. The van der Waals surface area contributed by atoms with Gasteiger partial charge in [0.05, 0.1) is 5.60 Å². The molecule has 12 saturated carbocycles. The van der Waals surface area contributed by atoms with Gasteiger partial charge in [0.2, 0.25) is 0 Å². The topological polar surface area (TPSA) is 37.3 Å². The van der Waals surface area contributed by atoms with Crippen molar-refractivity contribution in [2.24, 2.45) is 63.6 Å². The van der Waals surface area contributed by atoms with E-state index < -0.39 is 0 Å². The summed E-state index contributed by atoms with van der Waals surface area (Å²) < 4.78 is 0. The van der Waals surface area contributed by atoms with Crippen LogP contribution in [0.15, 0.2) is 0 Å². The fourth-order valence-electron chi connectivity index (χ4n) is 13.7. The monoisotopic (exact) mass is 508 g/mol. The fraction of sp³-hybridized carbons (Fsp3) is 0.971. The summed E-state index contributed by atoms with van der Waals surface area (Å²) in [6.45, 7) is 7.13. The van der Waals surface area contributed by atoms with E-state index in [0.29, 0.717) is 28.4 Å². The van der Waals surface area contributed by atoms with Crippen LogP contribution in [0.3, 0.4) is 0 Å². The van der Waals surface area contributed by atoms with Crippen LogP contribution >= 0.6 is 0 Å². The number of carbonyl (C=O) groups excluding carboxylic acids is 1. The zero-order valence-electron chi connectivity index (χ0n) is 24.4. The Labute approximate surface area is 227 Å². The first-order valence-corrected chi connectivity index (χ1v) is 16.9. The summed E-state index contributed by atoms with van der Waals surface area (Å²) in [4.78, 5) is 11.7. The van der Waals surface area contributed by atoms with Crippen LogP contribution in [0.5, 0.6) is 0 Å². The third-order valence-electron chi connectivity index (χ3n) is 14.1. The molecule has 12 aliphatic rings. The van der Waals surface area contributed by atoms with Gasteiger partial charge in [-0.05, 0) is 161 Å². The molecule has 0 amide bonds. The Kier molecular flexibility index (Phi) is 6.09. The third-order valence-corrected chi connectivity index (χ3v) is 14.1. The van der Waals surface area contributed by atoms with Crippen molar-refractivity contribution in [3.63, 3.8) is 0 Å². The lowest BCUT2D eigenvalue weighted by molar-refractivity contribution is -0.164. The van der Waals surface area contributed by atoms with Crippen LogP contribution in [0.4, 0.5) is 0 Å². The van der Waals surface area contributed by atoms with Gasteiger partial charge in [-0.15, -0.1) is 0 Å². The van der Waals surface area contributed by atoms with E-state index in [0.717, 1.165) is 60.2 Å². The van der Waals surface area contributed by atoms with E-state index >= 15 is 0 Å². The second-order valence-electron chi connectivity index (χ2n) is 17.4. The van der Waals surface area contributed by atoms with Gasteiger partial charge in [0.15, 0.2) is 0 Å². The Balaban J connectivity index is 0.0000000938. The highest BCUT2D eigenvalue weighted by molar-refractivity contribution is 5.85. The first-order chi connectivity index (χ1) is 17.6. The molecule has 4 atom stereocenters. The molecule has 1 N–H and O–H groups in total. The average Bonchev–Trinajstić information content (AvgIpc) is 2.80. The van der Waals surface area contributed by atoms with E-state index in [2.05, 4.69) is 20.8 Å². The smallest absolute Gasteiger partial charge is 0.139 e. The van der Waals surface area contributed by atoms with E-state index in [1.165, 1.54) is 64.2 Å². The molecular formula is C35H56O2. The molecular weight excluding hydrogens is 452 g/mol. The summed E-state index contributed by atoms with van der Waals surface area (Å²) in [5.74, 6) is 7.65. The molecule has 2 nitrogen and oxygen atoms in total. The summed E-state index contributed by atoms with van der Waals surface area (Å²) in [5, 5.41) is 10.4. The van der Waals surface area contributed by atoms with E-state index in [9.17, 15) is 9.90 Å². The first kappa shape index (κ1) is 25.6. The highest BCUT2D eigenvalue weighted by Crippen LogP contribution is 2.63. The Morgan fingerprint density at radius 3 is 1.46 bits per heavy atom. The fourth-order valence-corrected chi connectivity index (χ4v) is 13.7. The Hall–Kier alpha value is -0.370. The van der Waals surface area contributed by atoms with Crippen LogP contribution in [0.25, 0.3) is 0 Å². The minimum atomic E-state index is -0.236. The number of carbonyl (C=O) groups is 1. The number of rotatable bonds is 2.